The molecule has 0 unspecified atom stereocenters. The number of hydrogen-bond acceptors (Lipinski definition) is 6. The number of halogens is 3. The molecule has 0 spiro atoms. The predicted molar refractivity (Wildman–Crippen MR) is 95.0 cm³/mol. The van der Waals surface area contributed by atoms with Gasteiger partial charge in [0.05, 0.1) is 25.9 Å². The molecule has 1 aromatic carbocycles. The lowest BCUT2D eigenvalue weighted by molar-refractivity contribution is -0.294. The summed E-state index contributed by atoms with van der Waals surface area (Å²) in [5.74, 6) is -3.41. The van der Waals surface area contributed by atoms with E-state index in [1.54, 1.807) is 12.1 Å². The quantitative estimate of drug-likeness (QED) is 0.639. The molecule has 2 saturated heterocycles. The van der Waals surface area contributed by atoms with Crippen molar-refractivity contribution in [2.45, 2.75) is 24.9 Å². The van der Waals surface area contributed by atoms with Crippen molar-refractivity contribution in [2.24, 2.45) is 5.92 Å². The van der Waals surface area contributed by atoms with E-state index in [0.29, 0.717) is 26.3 Å². The predicted octanol–water partition coefficient (Wildman–Crippen LogP) is 1.31. The highest BCUT2D eigenvalue weighted by Gasteiger charge is 2.67. The Morgan fingerprint density at radius 3 is 2.48 bits per heavy atom. The zero-order valence-corrected chi connectivity index (χ0v) is 15.7. The monoisotopic (exact) mass is 417 g/mol. The molecule has 0 radical (unpaired) electrons. The van der Waals surface area contributed by atoms with Gasteiger partial charge in [0.1, 0.15) is 5.92 Å². The second kappa shape index (κ2) is 8.07. The second-order valence-electron chi connectivity index (χ2n) is 6.76. The Morgan fingerprint density at radius 1 is 1.31 bits per heavy atom. The number of esters is 1. The second-order valence-corrected chi connectivity index (χ2v) is 6.76. The van der Waals surface area contributed by atoms with Crippen LogP contribution in [-0.4, -0.2) is 61.9 Å². The van der Waals surface area contributed by atoms with Crippen molar-refractivity contribution in [3.63, 3.8) is 0 Å². The van der Waals surface area contributed by atoms with E-state index in [-0.39, 0.29) is 12.2 Å². The first-order valence-corrected chi connectivity index (χ1v) is 9.14. The van der Waals surface area contributed by atoms with Gasteiger partial charge in [-0.05, 0) is 24.6 Å². The minimum absolute atomic E-state index is 0.181. The van der Waals surface area contributed by atoms with Crippen LogP contribution in [0.1, 0.15) is 18.5 Å². The number of amides is 2. The Balaban J connectivity index is 1.95. The van der Waals surface area contributed by atoms with Crippen LogP contribution in [0.15, 0.2) is 24.3 Å². The molecule has 0 aromatic heterocycles. The molecule has 2 heterocycles. The van der Waals surface area contributed by atoms with Gasteiger partial charge in [-0.1, -0.05) is 12.1 Å². The molecule has 3 atom stereocenters. The summed E-state index contributed by atoms with van der Waals surface area (Å²) in [7, 11) is 0. The van der Waals surface area contributed by atoms with Crippen molar-refractivity contribution >= 4 is 17.7 Å². The van der Waals surface area contributed by atoms with Crippen LogP contribution in [0.4, 0.5) is 23.7 Å². The van der Waals surface area contributed by atoms with Gasteiger partial charge in [0, 0.05) is 18.8 Å². The minimum Gasteiger partial charge on any atom is -0.466 e. The van der Waals surface area contributed by atoms with Crippen LogP contribution in [0.3, 0.4) is 0 Å². The highest BCUT2D eigenvalue weighted by molar-refractivity contribution is 5.83. The number of nitrogens with one attached hydrogen (secondary N) is 2. The van der Waals surface area contributed by atoms with E-state index in [1.165, 1.54) is 24.4 Å². The summed E-state index contributed by atoms with van der Waals surface area (Å²) < 4.78 is 50.9. The number of carbonyl (C=O) groups is 2. The molecule has 0 saturated carbocycles. The molecule has 3 rings (SSSR count). The van der Waals surface area contributed by atoms with Crippen molar-refractivity contribution in [2.75, 3.05) is 37.8 Å². The first kappa shape index (κ1) is 21.2. The first-order valence-electron chi connectivity index (χ1n) is 9.14. The molecule has 29 heavy (non-hydrogen) atoms. The fraction of sp³-hybridized carbons (Fsp3) is 0.556. The van der Waals surface area contributed by atoms with Crippen molar-refractivity contribution in [1.82, 2.24) is 10.6 Å². The summed E-state index contributed by atoms with van der Waals surface area (Å²) in [6.07, 6.45) is -5.30. The van der Waals surface area contributed by atoms with Gasteiger partial charge in [-0.15, -0.1) is 0 Å². The summed E-state index contributed by atoms with van der Waals surface area (Å²) in [5.41, 5.74) is -2.71. The van der Waals surface area contributed by atoms with E-state index in [9.17, 15) is 27.9 Å². The van der Waals surface area contributed by atoms with E-state index in [2.05, 4.69) is 5.32 Å². The number of ether oxygens (including phenoxy) is 2. The topological polar surface area (TPSA) is 100 Å². The molecule has 1 aromatic rings. The molecule has 2 aliphatic heterocycles. The number of anilines is 1. The van der Waals surface area contributed by atoms with E-state index in [1.807, 2.05) is 4.90 Å². The van der Waals surface area contributed by atoms with Crippen LogP contribution >= 0.6 is 0 Å². The third-order valence-corrected chi connectivity index (χ3v) is 4.98. The molecule has 0 bridgehead atoms. The number of urea groups is 1. The van der Waals surface area contributed by atoms with Gasteiger partial charge < -0.3 is 30.1 Å². The number of aliphatic hydroxyl groups is 1. The van der Waals surface area contributed by atoms with Crippen LogP contribution in [0.25, 0.3) is 0 Å². The van der Waals surface area contributed by atoms with E-state index >= 15 is 0 Å². The maximum atomic E-state index is 13.6. The third-order valence-electron chi connectivity index (χ3n) is 4.98. The van der Waals surface area contributed by atoms with Crippen molar-refractivity contribution in [1.29, 1.82) is 0 Å². The van der Waals surface area contributed by atoms with E-state index < -0.39 is 35.9 Å². The summed E-state index contributed by atoms with van der Waals surface area (Å²) in [6, 6.07) is 3.72. The smallest absolute Gasteiger partial charge is 0.437 e. The average molecular weight is 417 g/mol. The van der Waals surface area contributed by atoms with Crippen LogP contribution in [0.5, 0.6) is 0 Å². The number of nitrogens with zero attached hydrogens (tertiary/aromatic N) is 1. The van der Waals surface area contributed by atoms with Gasteiger partial charge in [-0.3, -0.25) is 4.79 Å². The largest absolute Gasteiger partial charge is 0.466 e. The maximum absolute atomic E-state index is 13.6. The molecule has 160 valence electrons. The Bertz CT molecular complexity index is 752. The fourth-order valence-electron chi connectivity index (χ4n) is 3.53. The van der Waals surface area contributed by atoms with Gasteiger partial charge >= 0.3 is 18.2 Å². The van der Waals surface area contributed by atoms with Gasteiger partial charge in [0.25, 0.3) is 5.72 Å². The summed E-state index contributed by atoms with van der Waals surface area (Å²) in [4.78, 5) is 26.3. The summed E-state index contributed by atoms with van der Waals surface area (Å²) in [5, 5.41) is 14.1. The van der Waals surface area contributed by atoms with Crippen LogP contribution in [-0.2, 0) is 14.3 Å². The van der Waals surface area contributed by atoms with Gasteiger partial charge in [0.2, 0.25) is 0 Å². The van der Waals surface area contributed by atoms with Crippen molar-refractivity contribution < 1.29 is 37.3 Å². The average Bonchev–Trinajstić information content (AvgIpc) is 2.67. The van der Waals surface area contributed by atoms with Crippen molar-refractivity contribution in [3.05, 3.63) is 29.8 Å². The highest BCUT2D eigenvalue weighted by atomic mass is 19.4. The maximum Gasteiger partial charge on any atom is 0.437 e. The summed E-state index contributed by atoms with van der Waals surface area (Å²) >= 11 is 0. The lowest BCUT2D eigenvalue weighted by Crippen LogP contribution is -2.73. The Kier molecular flexibility index (Phi) is 5.90. The number of hydrogen-bond donors (Lipinski definition) is 3. The van der Waals surface area contributed by atoms with E-state index in [4.69, 9.17) is 9.47 Å². The lowest BCUT2D eigenvalue weighted by atomic mass is 9.82. The molecule has 11 heteroatoms. The van der Waals surface area contributed by atoms with Gasteiger partial charge in [-0.25, -0.2) is 4.79 Å². The SMILES string of the molecule is CCOC(=O)[C@@H]1[C@@H](c2ccc(N3CCOCC3)cc2)NC(=O)N[C@@]1(O)C(F)(F)F. The Hall–Kier alpha value is -2.53. The number of carbonyl (C=O) groups excluding carboxylic acids is 2. The molecule has 2 amide bonds. The number of benzene rings is 1. The molecule has 8 nitrogen and oxygen atoms in total. The summed E-state index contributed by atoms with van der Waals surface area (Å²) in [6.45, 7) is 3.72. The fourth-order valence-corrected chi connectivity index (χ4v) is 3.53. The Morgan fingerprint density at radius 2 is 1.93 bits per heavy atom. The highest BCUT2D eigenvalue weighted by Crippen LogP contribution is 2.43. The van der Waals surface area contributed by atoms with Crippen LogP contribution in [0, 0.1) is 5.92 Å². The van der Waals surface area contributed by atoms with Crippen LogP contribution < -0.4 is 15.5 Å². The molecule has 0 aliphatic carbocycles. The third kappa shape index (κ3) is 4.10. The van der Waals surface area contributed by atoms with Gasteiger partial charge in [-0.2, -0.15) is 13.2 Å². The zero-order chi connectivity index (χ0) is 21.2. The molecule has 3 N–H and O–H groups in total. The molecular weight excluding hydrogens is 395 g/mol. The first-order chi connectivity index (χ1) is 13.7. The van der Waals surface area contributed by atoms with E-state index in [0.717, 1.165) is 5.69 Å². The number of rotatable bonds is 4. The number of alkyl halides is 3. The number of morpholine rings is 1. The zero-order valence-electron chi connectivity index (χ0n) is 15.7. The molecule has 2 fully saturated rings. The molecular formula is C18H22F3N3O5. The standard InChI is InChI=1S/C18H22F3N3O5/c1-2-29-15(25)13-14(22-16(26)23-17(13,27)18(19,20)21)11-3-5-12(6-4-11)24-7-9-28-10-8-24/h3-6,13-14,27H,2,7-10H2,1H3,(H2,22,23,26)/t13-,14+,17-/m0/s1. The lowest BCUT2D eigenvalue weighted by Gasteiger charge is -2.44. The molecule has 2 aliphatic rings. The van der Waals surface area contributed by atoms with Crippen molar-refractivity contribution in [3.8, 4) is 0 Å². The van der Waals surface area contributed by atoms with Gasteiger partial charge in [0.15, 0.2) is 0 Å². The van der Waals surface area contributed by atoms with Crippen LogP contribution in [0.2, 0.25) is 0 Å². The normalized spacial score (nSPS) is 27.8. The minimum atomic E-state index is -5.30. The Labute approximate surface area is 164 Å².